The number of hydrogen-bond acceptors (Lipinski definition) is 3. The van der Waals surface area contributed by atoms with Gasteiger partial charge in [-0.25, -0.2) is 0 Å². The molecule has 0 aromatic heterocycles. The van der Waals surface area contributed by atoms with Crippen LogP contribution < -0.4 is 5.32 Å². The van der Waals surface area contributed by atoms with E-state index in [1.807, 2.05) is 47.1 Å². The molecule has 0 saturated carbocycles. The van der Waals surface area contributed by atoms with Crippen molar-refractivity contribution in [1.29, 1.82) is 0 Å². The molecule has 1 N–H and O–H groups in total. The van der Waals surface area contributed by atoms with E-state index in [0.717, 1.165) is 18.7 Å². The van der Waals surface area contributed by atoms with Crippen molar-refractivity contribution in [3.05, 3.63) is 35.9 Å². The second-order valence-electron chi connectivity index (χ2n) is 7.05. The fourth-order valence-electron chi connectivity index (χ4n) is 3.79. The molecule has 2 aliphatic rings. The van der Waals surface area contributed by atoms with Gasteiger partial charge in [-0.1, -0.05) is 30.3 Å². The van der Waals surface area contributed by atoms with Gasteiger partial charge in [0.15, 0.2) is 0 Å². The molecule has 0 radical (unpaired) electrons. The Morgan fingerprint density at radius 1 is 1.25 bits per heavy atom. The molecule has 5 nitrogen and oxygen atoms in total. The van der Waals surface area contributed by atoms with Gasteiger partial charge in [-0.3, -0.25) is 9.59 Å². The molecule has 0 aliphatic carbocycles. The highest BCUT2D eigenvalue weighted by atomic mass is 16.2. The van der Waals surface area contributed by atoms with E-state index in [1.54, 1.807) is 0 Å². The third kappa shape index (κ3) is 3.18. The van der Waals surface area contributed by atoms with E-state index in [-0.39, 0.29) is 29.8 Å². The number of likely N-dealkylation sites (tertiary alicyclic amines) is 1. The number of carbonyl (C=O) groups excluding carboxylic acids is 2. The maximum Gasteiger partial charge on any atom is 0.228 e. The van der Waals surface area contributed by atoms with E-state index < -0.39 is 0 Å². The first-order valence-corrected chi connectivity index (χ1v) is 8.87. The van der Waals surface area contributed by atoms with Gasteiger partial charge in [0.25, 0.3) is 0 Å². The highest BCUT2D eigenvalue weighted by molar-refractivity contribution is 5.89. The Bertz CT molecular complexity index is 604. The third-order valence-corrected chi connectivity index (χ3v) is 5.57. The van der Waals surface area contributed by atoms with Crippen molar-refractivity contribution in [2.75, 3.05) is 19.6 Å². The maximum absolute atomic E-state index is 12.9. The highest BCUT2D eigenvalue weighted by Gasteiger charge is 2.40. The molecular formula is C19H27N3O2. The largest absolute Gasteiger partial charge is 0.337 e. The van der Waals surface area contributed by atoms with Crippen LogP contribution in [0.3, 0.4) is 0 Å². The van der Waals surface area contributed by atoms with E-state index in [4.69, 9.17) is 0 Å². The smallest absolute Gasteiger partial charge is 0.228 e. The van der Waals surface area contributed by atoms with Crippen LogP contribution in [-0.4, -0.2) is 53.3 Å². The number of amides is 2. The Balaban J connectivity index is 1.69. The average Bonchev–Trinajstić information content (AvgIpc) is 2.98. The first-order valence-electron chi connectivity index (χ1n) is 8.87. The summed E-state index contributed by atoms with van der Waals surface area (Å²) in [5, 5.41) is 3.39. The van der Waals surface area contributed by atoms with Crippen LogP contribution in [0.1, 0.15) is 38.8 Å². The van der Waals surface area contributed by atoms with Crippen LogP contribution in [0, 0.1) is 5.92 Å². The lowest BCUT2D eigenvalue weighted by Gasteiger charge is -2.39. The lowest BCUT2D eigenvalue weighted by molar-refractivity contribution is -0.139. The van der Waals surface area contributed by atoms with Crippen LogP contribution in [0.4, 0.5) is 0 Å². The third-order valence-electron chi connectivity index (χ3n) is 5.57. The van der Waals surface area contributed by atoms with Gasteiger partial charge in [-0.2, -0.15) is 0 Å². The summed E-state index contributed by atoms with van der Waals surface area (Å²) >= 11 is 0. The van der Waals surface area contributed by atoms with Crippen LogP contribution in [0.15, 0.2) is 30.3 Å². The van der Waals surface area contributed by atoms with E-state index in [1.165, 1.54) is 0 Å². The first kappa shape index (κ1) is 17.0. The van der Waals surface area contributed by atoms with Gasteiger partial charge in [-0.05, 0) is 26.3 Å². The van der Waals surface area contributed by atoms with Gasteiger partial charge in [-0.15, -0.1) is 0 Å². The predicted octanol–water partition coefficient (Wildman–Crippen LogP) is 1.80. The normalized spacial score (nSPS) is 29.0. The van der Waals surface area contributed by atoms with E-state index in [9.17, 15) is 9.59 Å². The van der Waals surface area contributed by atoms with Crippen molar-refractivity contribution < 1.29 is 9.59 Å². The molecule has 3 rings (SSSR count). The molecule has 2 heterocycles. The van der Waals surface area contributed by atoms with Crippen molar-refractivity contribution in [2.45, 2.75) is 45.3 Å². The topological polar surface area (TPSA) is 52.7 Å². The molecule has 5 heteroatoms. The molecule has 0 spiro atoms. The van der Waals surface area contributed by atoms with E-state index in [2.05, 4.69) is 19.2 Å². The fourth-order valence-corrected chi connectivity index (χ4v) is 3.79. The molecule has 24 heavy (non-hydrogen) atoms. The number of nitrogens with one attached hydrogen (secondary N) is 1. The SMILES string of the molecule is CC1NCCN(C(=O)C2CC(=O)N(C(C)c3ccccc3)C2)C1C. The summed E-state index contributed by atoms with van der Waals surface area (Å²) in [5.74, 6) is 0.00362. The molecule has 0 bridgehead atoms. The second kappa shape index (κ2) is 6.93. The number of rotatable bonds is 3. The van der Waals surface area contributed by atoms with Crippen LogP contribution in [0.25, 0.3) is 0 Å². The summed E-state index contributed by atoms with van der Waals surface area (Å²) in [4.78, 5) is 29.2. The number of piperazine rings is 1. The molecule has 4 atom stereocenters. The zero-order chi connectivity index (χ0) is 17.3. The minimum absolute atomic E-state index is 0.0101. The van der Waals surface area contributed by atoms with Crippen molar-refractivity contribution in [2.24, 2.45) is 5.92 Å². The Kier molecular flexibility index (Phi) is 4.90. The lowest BCUT2D eigenvalue weighted by atomic mass is 10.0. The van der Waals surface area contributed by atoms with Gasteiger partial charge in [0.2, 0.25) is 11.8 Å². The van der Waals surface area contributed by atoms with Crippen LogP contribution >= 0.6 is 0 Å². The van der Waals surface area contributed by atoms with Gasteiger partial charge >= 0.3 is 0 Å². The molecular weight excluding hydrogens is 302 g/mol. The standard InChI is InChI=1S/C19H27N3O2/c1-13-14(2)21(10-9-20-13)19(24)17-11-18(23)22(12-17)15(3)16-7-5-4-6-8-16/h4-8,13-15,17,20H,9-12H2,1-3H3. The number of hydrogen-bond donors (Lipinski definition) is 1. The summed E-state index contributed by atoms with van der Waals surface area (Å²) < 4.78 is 0. The summed E-state index contributed by atoms with van der Waals surface area (Å²) in [7, 11) is 0. The summed E-state index contributed by atoms with van der Waals surface area (Å²) in [5.41, 5.74) is 1.11. The second-order valence-corrected chi connectivity index (χ2v) is 7.05. The molecule has 2 saturated heterocycles. The molecule has 2 aliphatic heterocycles. The molecule has 4 unspecified atom stereocenters. The van der Waals surface area contributed by atoms with Crippen molar-refractivity contribution in [3.63, 3.8) is 0 Å². The zero-order valence-corrected chi connectivity index (χ0v) is 14.7. The fraction of sp³-hybridized carbons (Fsp3) is 0.579. The Morgan fingerprint density at radius 3 is 2.67 bits per heavy atom. The summed E-state index contributed by atoms with van der Waals surface area (Å²) in [6.07, 6.45) is 0.334. The minimum atomic E-state index is -0.212. The molecule has 1 aromatic rings. The predicted molar refractivity (Wildman–Crippen MR) is 93.3 cm³/mol. The van der Waals surface area contributed by atoms with Crippen molar-refractivity contribution >= 4 is 11.8 Å². The monoisotopic (exact) mass is 329 g/mol. The Morgan fingerprint density at radius 2 is 1.96 bits per heavy atom. The van der Waals surface area contributed by atoms with Gasteiger partial charge in [0, 0.05) is 38.1 Å². The van der Waals surface area contributed by atoms with Crippen LogP contribution in [0.5, 0.6) is 0 Å². The lowest BCUT2D eigenvalue weighted by Crippen LogP contribution is -2.58. The van der Waals surface area contributed by atoms with Gasteiger partial charge in [0.1, 0.15) is 0 Å². The highest BCUT2D eigenvalue weighted by Crippen LogP contribution is 2.30. The Labute approximate surface area is 144 Å². The Hall–Kier alpha value is -1.88. The first-order chi connectivity index (χ1) is 11.5. The van der Waals surface area contributed by atoms with Gasteiger partial charge < -0.3 is 15.1 Å². The maximum atomic E-state index is 12.9. The van der Waals surface area contributed by atoms with E-state index in [0.29, 0.717) is 19.0 Å². The average molecular weight is 329 g/mol. The van der Waals surface area contributed by atoms with Crippen LogP contribution in [-0.2, 0) is 9.59 Å². The minimum Gasteiger partial charge on any atom is -0.337 e. The quantitative estimate of drug-likeness (QED) is 0.920. The zero-order valence-electron chi connectivity index (χ0n) is 14.7. The van der Waals surface area contributed by atoms with Gasteiger partial charge in [0.05, 0.1) is 12.0 Å². The number of nitrogens with zero attached hydrogens (tertiary/aromatic N) is 2. The molecule has 1 aromatic carbocycles. The van der Waals surface area contributed by atoms with E-state index >= 15 is 0 Å². The molecule has 130 valence electrons. The molecule has 2 amide bonds. The molecule has 2 fully saturated rings. The van der Waals surface area contributed by atoms with Crippen molar-refractivity contribution in [3.8, 4) is 0 Å². The summed E-state index contributed by atoms with van der Waals surface area (Å²) in [6, 6.07) is 10.5. The number of carbonyl (C=O) groups is 2. The van der Waals surface area contributed by atoms with Crippen LogP contribution in [0.2, 0.25) is 0 Å². The number of benzene rings is 1. The van der Waals surface area contributed by atoms with Crippen molar-refractivity contribution in [1.82, 2.24) is 15.1 Å². The summed E-state index contributed by atoms with van der Waals surface area (Å²) in [6.45, 7) is 8.29.